The number of benzene rings is 8. The average molecular weight is 940 g/mol. The van der Waals surface area contributed by atoms with E-state index in [1.807, 2.05) is 6.07 Å². The van der Waals surface area contributed by atoms with Crippen molar-refractivity contribution in [1.82, 2.24) is 0 Å². The van der Waals surface area contributed by atoms with Gasteiger partial charge in [-0.15, -0.1) is 0 Å². The van der Waals surface area contributed by atoms with E-state index in [9.17, 15) is 0 Å². The van der Waals surface area contributed by atoms with Crippen molar-refractivity contribution in [3.8, 4) is 22.3 Å². The zero-order valence-electron chi connectivity index (χ0n) is 43.1. The molecule has 1 aliphatic carbocycles. The zero-order valence-corrected chi connectivity index (χ0v) is 43.1. The molecule has 0 spiro atoms. The minimum Gasteiger partial charge on any atom is -0.456 e. The van der Waals surface area contributed by atoms with Crippen molar-refractivity contribution in [2.75, 3.05) is 10.2 Å². The Hall–Kier alpha value is -7.44. The van der Waals surface area contributed by atoms with Crippen LogP contribution in [0, 0.1) is 0 Å². The highest BCUT2D eigenvalue weighted by atomic mass is 16.4. The molecule has 11 aromatic rings. The number of hydrogen-bond acceptors (Lipinski definition) is 5. The molecule has 0 unspecified atom stereocenters. The third kappa shape index (κ3) is 6.89. The van der Waals surface area contributed by atoms with Crippen molar-refractivity contribution < 1.29 is 13.3 Å². The maximum absolute atomic E-state index is 7.41. The van der Waals surface area contributed by atoms with Gasteiger partial charge in [-0.3, -0.25) is 4.90 Å². The Bertz CT molecular complexity index is 4000. The number of fused-ring (bicyclic) bond motifs is 11. The topological polar surface area (TPSA) is 54.7 Å². The average Bonchev–Trinajstić information content (AvgIpc) is 4.05. The smallest absolute Gasteiger partial charge is 0.203 e. The predicted octanol–water partition coefficient (Wildman–Crippen LogP) is 17.7. The molecule has 0 saturated carbocycles. The molecule has 0 atom stereocenters. The van der Waals surface area contributed by atoms with Gasteiger partial charge in [0.05, 0.1) is 11.4 Å². The van der Waals surface area contributed by atoms with E-state index in [1.54, 1.807) is 0 Å². The molecule has 0 saturated heterocycles. The van der Waals surface area contributed by atoms with E-state index in [-0.39, 0.29) is 21.7 Å². The fraction of sp³-hybridized carbons (Fsp3) is 0.242. The summed E-state index contributed by atoms with van der Waals surface area (Å²) in [4.78, 5) is 2.39. The molecular formula is C66H60BN2O3. The Balaban J connectivity index is 1.16. The predicted molar refractivity (Wildman–Crippen MR) is 304 cm³/mol. The molecule has 1 radical (unpaired) electrons. The number of rotatable bonds is 5. The van der Waals surface area contributed by atoms with Gasteiger partial charge < -0.3 is 18.6 Å². The van der Waals surface area contributed by atoms with Crippen LogP contribution in [-0.4, -0.2) is 7.28 Å². The normalized spacial score (nSPS) is 15.3. The summed E-state index contributed by atoms with van der Waals surface area (Å²) in [6.45, 7) is 23.2. The standard InChI is InChI=1S/C66H60BN2O3/c1-63(2,3)39-24-27-41(28-25-39)68-60-45(30-29-43-42-20-14-16-22-52(42)71-61(43)60)57-56-44-21-15-17-23-53(44)70-55(56)37-51-59(57)67-58-47-35-48-49(66(9,10)33-32-65(48,7)8)36-54(47)72-62(58)69(51)50-31-26-40(64(4,5)6)34-46(50)38-18-12-11-13-19-38/h11-31,34-37,68H,32-33H2,1-10H3. The summed E-state index contributed by atoms with van der Waals surface area (Å²) in [5.74, 6) is 0.794. The van der Waals surface area contributed by atoms with E-state index in [4.69, 9.17) is 13.3 Å². The van der Waals surface area contributed by atoms with Gasteiger partial charge in [-0.05, 0) is 133 Å². The summed E-state index contributed by atoms with van der Waals surface area (Å²) in [7, 11) is 2.41. The van der Waals surface area contributed by atoms with Crippen LogP contribution in [0.3, 0.4) is 0 Å². The first-order chi connectivity index (χ1) is 34.4. The Morgan fingerprint density at radius 1 is 0.500 bits per heavy atom. The van der Waals surface area contributed by atoms with Crippen molar-refractivity contribution in [1.29, 1.82) is 0 Å². The third-order valence-corrected chi connectivity index (χ3v) is 16.1. The largest absolute Gasteiger partial charge is 0.456 e. The molecule has 0 bridgehead atoms. The van der Waals surface area contributed by atoms with Crippen LogP contribution in [0.5, 0.6) is 0 Å². The number of furan rings is 3. The highest BCUT2D eigenvalue weighted by Crippen LogP contribution is 2.52. The Morgan fingerprint density at radius 2 is 1.14 bits per heavy atom. The highest BCUT2D eigenvalue weighted by Gasteiger charge is 2.41. The van der Waals surface area contributed by atoms with Crippen LogP contribution in [0.4, 0.5) is 28.6 Å². The van der Waals surface area contributed by atoms with E-state index in [0.717, 1.165) is 130 Å². The fourth-order valence-corrected chi connectivity index (χ4v) is 11.8. The van der Waals surface area contributed by atoms with Gasteiger partial charge >= 0.3 is 0 Å². The van der Waals surface area contributed by atoms with E-state index < -0.39 is 0 Å². The van der Waals surface area contributed by atoms with Gasteiger partial charge in [0.25, 0.3) is 0 Å². The lowest BCUT2D eigenvalue weighted by molar-refractivity contribution is 0.332. The van der Waals surface area contributed by atoms with Gasteiger partial charge in [0.2, 0.25) is 7.28 Å². The third-order valence-electron chi connectivity index (χ3n) is 16.1. The summed E-state index contributed by atoms with van der Waals surface area (Å²) < 4.78 is 21.4. The zero-order chi connectivity index (χ0) is 49.6. The van der Waals surface area contributed by atoms with Crippen LogP contribution in [-0.2, 0) is 21.7 Å². The summed E-state index contributed by atoms with van der Waals surface area (Å²) >= 11 is 0. The number of hydrogen-bond donors (Lipinski definition) is 1. The Labute approximate surface area is 423 Å². The summed E-state index contributed by atoms with van der Waals surface area (Å²) in [5, 5.41) is 9.33. The Morgan fingerprint density at radius 3 is 1.85 bits per heavy atom. The summed E-state index contributed by atoms with van der Waals surface area (Å²) in [6.07, 6.45) is 2.23. The van der Waals surface area contributed by atoms with E-state index in [1.165, 1.54) is 22.3 Å². The van der Waals surface area contributed by atoms with E-state index in [2.05, 4.69) is 232 Å². The second-order valence-electron chi connectivity index (χ2n) is 23.9. The molecule has 0 amide bonds. The van der Waals surface area contributed by atoms with Gasteiger partial charge in [-0.1, -0.05) is 160 Å². The molecule has 6 heteroatoms. The van der Waals surface area contributed by atoms with E-state index in [0.29, 0.717) is 0 Å². The molecule has 2 aliphatic rings. The lowest BCUT2D eigenvalue weighted by Crippen LogP contribution is -2.40. The van der Waals surface area contributed by atoms with Crippen LogP contribution >= 0.6 is 0 Å². The van der Waals surface area contributed by atoms with Crippen molar-refractivity contribution >= 4 is 102 Å². The van der Waals surface area contributed by atoms with Crippen LogP contribution < -0.4 is 21.1 Å². The molecule has 355 valence electrons. The fourth-order valence-electron chi connectivity index (χ4n) is 11.8. The van der Waals surface area contributed by atoms with Gasteiger partial charge in [-0.2, -0.15) is 0 Å². The quantitative estimate of drug-likeness (QED) is 0.174. The van der Waals surface area contributed by atoms with Crippen LogP contribution in [0.25, 0.3) is 77.1 Å². The lowest BCUT2D eigenvalue weighted by Gasteiger charge is -2.41. The van der Waals surface area contributed by atoms with Crippen LogP contribution in [0.1, 0.15) is 104 Å². The number of nitrogens with one attached hydrogen (secondary N) is 1. The van der Waals surface area contributed by atoms with Crippen molar-refractivity contribution in [2.45, 2.75) is 104 Å². The van der Waals surface area contributed by atoms with Gasteiger partial charge in [0.15, 0.2) is 11.5 Å². The number of anilines is 5. The molecule has 4 heterocycles. The van der Waals surface area contributed by atoms with Crippen molar-refractivity contribution in [3.05, 3.63) is 174 Å². The first kappa shape index (κ1) is 44.5. The SMILES string of the molecule is CC(C)(C)c1ccc(Nc2c(-c3c4c(cc5oc6ccccc6c35)N(c3ccc(C(C)(C)C)cc3-c3ccccc3)c3oc5cc6c(cc5c3[B]4)C(C)(C)CCC6(C)C)ccc3c2oc2ccccc23)cc1. The molecule has 5 nitrogen and oxygen atoms in total. The molecule has 0 fully saturated rings. The second-order valence-corrected chi connectivity index (χ2v) is 23.9. The summed E-state index contributed by atoms with van der Waals surface area (Å²) in [6, 6.07) is 55.1. The molecular weight excluding hydrogens is 880 g/mol. The molecule has 13 rings (SSSR count). The highest BCUT2D eigenvalue weighted by molar-refractivity contribution is 6.76. The van der Waals surface area contributed by atoms with Crippen molar-refractivity contribution in [2.24, 2.45) is 0 Å². The molecule has 8 aromatic carbocycles. The molecule has 1 N–H and O–H groups in total. The van der Waals surface area contributed by atoms with Gasteiger partial charge in [-0.25, -0.2) is 0 Å². The maximum Gasteiger partial charge on any atom is 0.203 e. The number of para-hydroxylation sites is 2. The van der Waals surface area contributed by atoms with Crippen LogP contribution in [0.2, 0.25) is 0 Å². The molecule has 72 heavy (non-hydrogen) atoms. The minimum atomic E-state index is -0.0851. The van der Waals surface area contributed by atoms with Crippen molar-refractivity contribution in [3.63, 3.8) is 0 Å². The molecule has 3 aromatic heterocycles. The van der Waals surface area contributed by atoms with Crippen LogP contribution in [0.15, 0.2) is 165 Å². The van der Waals surface area contributed by atoms with Gasteiger partial charge in [0, 0.05) is 55.5 Å². The lowest BCUT2D eigenvalue weighted by atomic mass is 9.57. The first-order valence-electron chi connectivity index (χ1n) is 25.7. The molecule has 1 aliphatic heterocycles. The second kappa shape index (κ2) is 15.5. The van der Waals surface area contributed by atoms with E-state index >= 15 is 0 Å². The Kier molecular flexibility index (Phi) is 9.60. The minimum absolute atomic E-state index is 0.000591. The maximum atomic E-state index is 7.41. The number of nitrogens with zero attached hydrogens (tertiary/aromatic N) is 1. The first-order valence-corrected chi connectivity index (χ1v) is 25.7. The summed E-state index contributed by atoms with van der Waals surface area (Å²) in [5.41, 5.74) is 19.7. The monoisotopic (exact) mass is 939 g/mol. The van der Waals surface area contributed by atoms with Gasteiger partial charge in [0.1, 0.15) is 22.3 Å².